The molecule has 0 unspecified atom stereocenters. The topological polar surface area (TPSA) is 32.8 Å². The number of nitrogens with zero attached hydrogens (tertiary/aromatic N) is 2. The van der Waals surface area contributed by atoms with Crippen LogP contribution in [0.4, 0.5) is 0 Å². The van der Waals surface area contributed by atoms with Crippen LogP contribution in [0.5, 0.6) is 0 Å². The van der Waals surface area contributed by atoms with Crippen LogP contribution in [-0.4, -0.2) is 46.4 Å². The van der Waals surface area contributed by atoms with Gasteiger partial charge in [-0.3, -0.25) is 9.69 Å². The molecular weight excluding hydrogens is 295 g/mol. The molecule has 5 heteroatoms. The molecule has 0 N–H and O–H groups in total. The minimum atomic E-state index is -0.295. The number of piperidine rings is 1. The van der Waals surface area contributed by atoms with E-state index >= 15 is 0 Å². The SMILES string of the molecule is CN1CCC(=O)OC12CCN(I)CC2. The van der Waals surface area contributed by atoms with Gasteiger partial charge in [0.25, 0.3) is 0 Å². The number of carbonyl (C=O) groups is 1. The molecule has 0 aromatic carbocycles. The van der Waals surface area contributed by atoms with E-state index in [2.05, 4.69) is 37.9 Å². The first kappa shape index (κ1) is 10.6. The average molecular weight is 310 g/mol. The largest absolute Gasteiger partial charge is 0.444 e. The number of halogens is 1. The van der Waals surface area contributed by atoms with Gasteiger partial charge >= 0.3 is 5.97 Å². The lowest BCUT2D eigenvalue weighted by Crippen LogP contribution is -2.58. The lowest BCUT2D eigenvalue weighted by atomic mass is 9.98. The van der Waals surface area contributed by atoms with Gasteiger partial charge in [-0.2, -0.15) is 0 Å². The van der Waals surface area contributed by atoms with Gasteiger partial charge in [0.15, 0.2) is 5.72 Å². The van der Waals surface area contributed by atoms with E-state index in [9.17, 15) is 4.79 Å². The van der Waals surface area contributed by atoms with Crippen LogP contribution < -0.4 is 0 Å². The number of rotatable bonds is 0. The van der Waals surface area contributed by atoms with Crippen molar-refractivity contribution in [1.82, 2.24) is 8.01 Å². The number of ether oxygens (including phenoxy) is 1. The molecule has 14 heavy (non-hydrogen) atoms. The Kier molecular flexibility index (Phi) is 2.99. The molecule has 80 valence electrons. The van der Waals surface area contributed by atoms with Crippen molar-refractivity contribution in [2.75, 3.05) is 26.7 Å². The summed E-state index contributed by atoms with van der Waals surface area (Å²) in [5.41, 5.74) is -0.295. The van der Waals surface area contributed by atoms with Crippen molar-refractivity contribution in [2.45, 2.75) is 25.0 Å². The van der Waals surface area contributed by atoms with Gasteiger partial charge in [-0.15, -0.1) is 0 Å². The third kappa shape index (κ3) is 1.90. The normalized spacial score (nSPS) is 29.1. The Hall–Kier alpha value is 0.120. The van der Waals surface area contributed by atoms with Crippen molar-refractivity contribution < 1.29 is 9.53 Å². The highest BCUT2D eigenvalue weighted by Crippen LogP contribution is 2.33. The Morgan fingerprint density at radius 1 is 1.36 bits per heavy atom. The predicted molar refractivity (Wildman–Crippen MR) is 60.9 cm³/mol. The van der Waals surface area contributed by atoms with Crippen molar-refractivity contribution in [3.63, 3.8) is 0 Å². The fourth-order valence-corrected chi connectivity index (χ4v) is 2.60. The highest BCUT2D eigenvalue weighted by molar-refractivity contribution is 14.1. The summed E-state index contributed by atoms with van der Waals surface area (Å²) in [7, 11) is 2.05. The lowest BCUT2D eigenvalue weighted by molar-refractivity contribution is -0.205. The Bertz CT molecular complexity index is 239. The Morgan fingerprint density at radius 3 is 2.64 bits per heavy atom. The first-order chi connectivity index (χ1) is 6.62. The zero-order valence-corrected chi connectivity index (χ0v) is 10.5. The number of hydrogen-bond donors (Lipinski definition) is 0. The molecule has 0 aromatic heterocycles. The maximum Gasteiger partial charge on any atom is 0.308 e. The highest BCUT2D eigenvalue weighted by atomic mass is 127. The van der Waals surface area contributed by atoms with Gasteiger partial charge in [0, 0.05) is 55.3 Å². The molecule has 0 aromatic rings. The summed E-state index contributed by atoms with van der Waals surface area (Å²) < 4.78 is 7.78. The molecule has 2 saturated heterocycles. The summed E-state index contributed by atoms with van der Waals surface area (Å²) in [6.07, 6.45) is 2.39. The quantitative estimate of drug-likeness (QED) is 0.380. The zero-order valence-electron chi connectivity index (χ0n) is 8.33. The zero-order chi connectivity index (χ0) is 10.2. The first-order valence-electron chi connectivity index (χ1n) is 4.96. The molecule has 4 nitrogen and oxygen atoms in total. The minimum absolute atomic E-state index is 0.0370. The van der Waals surface area contributed by atoms with Gasteiger partial charge < -0.3 is 4.74 Å². The summed E-state index contributed by atoms with van der Waals surface area (Å²) in [5.74, 6) is -0.0370. The van der Waals surface area contributed by atoms with E-state index < -0.39 is 0 Å². The maximum absolute atomic E-state index is 11.3. The minimum Gasteiger partial charge on any atom is -0.444 e. The molecule has 2 aliphatic rings. The van der Waals surface area contributed by atoms with E-state index in [1.807, 2.05) is 0 Å². The van der Waals surface area contributed by atoms with E-state index in [0.717, 1.165) is 32.5 Å². The van der Waals surface area contributed by atoms with E-state index in [1.165, 1.54) is 0 Å². The second-order valence-corrected chi connectivity index (χ2v) is 5.37. The molecule has 0 saturated carbocycles. The van der Waals surface area contributed by atoms with Gasteiger partial charge in [0.1, 0.15) is 0 Å². The lowest BCUT2D eigenvalue weighted by Gasteiger charge is -2.47. The van der Waals surface area contributed by atoms with E-state index in [-0.39, 0.29) is 11.7 Å². The number of esters is 1. The second-order valence-electron chi connectivity index (χ2n) is 4.00. The Morgan fingerprint density at radius 2 is 2.00 bits per heavy atom. The maximum atomic E-state index is 11.3. The van der Waals surface area contributed by atoms with Crippen LogP contribution in [0.15, 0.2) is 0 Å². The van der Waals surface area contributed by atoms with Gasteiger partial charge in [0.05, 0.1) is 6.42 Å². The van der Waals surface area contributed by atoms with Crippen LogP contribution in [-0.2, 0) is 9.53 Å². The van der Waals surface area contributed by atoms with Crippen LogP contribution in [0.2, 0.25) is 0 Å². The number of carbonyl (C=O) groups excluding carboxylic acids is 1. The molecular formula is C9H15IN2O2. The monoisotopic (exact) mass is 310 g/mol. The van der Waals surface area contributed by atoms with Crippen molar-refractivity contribution in [3.8, 4) is 0 Å². The molecule has 2 heterocycles. The molecule has 0 atom stereocenters. The molecule has 2 aliphatic heterocycles. The van der Waals surface area contributed by atoms with Crippen LogP contribution in [0.1, 0.15) is 19.3 Å². The van der Waals surface area contributed by atoms with E-state index in [1.54, 1.807) is 0 Å². The fraction of sp³-hybridized carbons (Fsp3) is 0.889. The molecule has 0 amide bonds. The molecule has 0 radical (unpaired) electrons. The van der Waals surface area contributed by atoms with Crippen LogP contribution in [0.3, 0.4) is 0 Å². The Labute approximate surface area is 98.1 Å². The fourth-order valence-electron chi connectivity index (χ4n) is 2.12. The molecule has 0 bridgehead atoms. The predicted octanol–water partition coefficient (Wildman–Crippen LogP) is 1.01. The summed E-state index contributed by atoms with van der Waals surface area (Å²) in [6.45, 7) is 2.83. The summed E-state index contributed by atoms with van der Waals surface area (Å²) in [5, 5.41) is 0. The van der Waals surface area contributed by atoms with Gasteiger partial charge in [-0.1, -0.05) is 0 Å². The third-order valence-electron chi connectivity index (χ3n) is 3.14. The van der Waals surface area contributed by atoms with Crippen LogP contribution in [0, 0.1) is 0 Å². The van der Waals surface area contributed by atoms with Gasteiger partial charge in [-0.25, -0.2) is 3.11 Å². The standard InChI is InChI=1S/C9H15IN2O2/c1-11-5-2-8(13)14-9(11)3-6-12(10)7-4-9/h2-7H2,1H3. The van der Waals surface area contributed by atoms with Crippen molar-refractivity contribution >= 4 is 28.8 Å². The molecule has 1 spiro atoms. The summed E-state index contributed by atoms with van der Waals surface area (Å²) >= 11 is 2.32. The second kappa shape index (κ2) is 3.94. The van der Waals surface area contributed by atoms with E-state index in [4.69, 9.17) is 4.74 Å². The molecule has 2 fully saturated rings. The Balaban J connectivity index is 2.08. The summed E-state index contributed by atoms with van der Waals surface area (Å²) in [4.78, 5) is 13.5. The highest BCUT2D eigenvalue weighted by Gasteiger charge is 2.43. The number of hydrogen-bond acceptors (Lipinski definition) is 4. The average Bonchev–Trinajstić information content (AvgIpc) is 2.17. The van der Waals surface area contributed by atoms with Gasteiger partial charge in [-0.05, 0) is 7.05 Å². The van der Waals surface area contributed by atoms with Gasteiger partial charge in [0.2, 0.25) is 0 Å². The molecule has 0 aliphatic carbocycles. The van der Waals surface area contributed by atoms with Crippen LogP contribution in [0.25, 0.3) is 0 Å². The van der Waals surface area contributed by atoms with Crippen molar-refractivity contribution in [2.24, 2.45) is 0 Å². The van der Waals surface area contributed by atoms with E-state index in [0.29, 0.717) is 6.42 Å². The van der Waals surface area contributed by atoms with Crippen molar-refractivity contribution in [1.29, 1.82) is 0 Å². The smallest absolute Gasteiger partial charge is 0.308 e. The van der Waals surface area contributed by atoms with Crippen LogP contribution >= 0.6 is 22.9 Å². The first-order valence-corrected chi connectivity index (χ1v) is 5.93. The molecule has 2 rings (SSSR count). The van der Waals surface area contributed by atoms with Crippen molar-refractivity contribution in [3.05, 3.63) is 0 Å². The summed E-state index contributed by atoms with van der Waals surface area (Å²) in [6, 6.07) is 0. The third-order valence-corrected chi connectivity index (χ3v) is 4.11.